The maximum Gasteiger partial charge on any atom is 0.158 e. The topological polar surface area (TPSA) is 202 Å². The highest BCUT2D eigenvalue weighted by Crippen LogP contribution is 2.27. The number of aliphatic hydroxyl groups is 5. The predicted octanol–water partition coefficient (Wildman–Crippen LogP) is -1.81. The van der Waals surface area contributed by atoms with Crippen molar-refractivity contribution < 1.29 is 44.5 Å². The summed E-state index contributed by atoms with van der Waals surface area (Å²) in [6.07, 6.45) is 0.999. The number of methoxy groups -OCH3 is 1. The summed E-state index contributed by atoms with van der Waals surface area (Å²) in [6.45, 7) is 4.90. The van der Waals surface area contributed by atoms with Crippen molar-refractivity contribution in [3.8, 4) is 0 Å². The molecule has 36 heavy (non-hydrogen) atoms. The second kappa shape index (κ2) is 18.7. The number of hydrogen-bond acceptors (Lipinski definition) is 12. The summed E-state index contributed by atoms with van der Waals surface area (Å²) in [6, 6.07) is -0.419. The first-order chi connectivity index (χ1) is 17.3. The Morgan fingerprint density at radius 1 is 1.03 bits per heavy atom. The molecule has 7 unspecified atom stereocenters. The zero-order valence-electron chi connectivity index (χ0n) is 22.1. The van der Waals surface area contributed by atoms with E-state index in [0.29, 0.717) is 32.4 Å². The minimum Gasteiger partial charge on any atom is -0.394 e. The maximum absolute atomic E-state index is 10.2. The Hall–Kier alpha value is -0.480. The third-order valence-electron chi connectivity index (χ3n) is 6.51. The summed E-state index contributed by atoms with van der Waals surface area (Å²) in [5.74, 6) is 0. The number of nitrogens with one attached hydrogen (secondary N) is 1. The van der Waals surface area contributed by atoms with Crippen molar-refractivity contribution in [2.24, 2.45) is 11.5 Å². The Balaban J connectivity index is 0.000000391. The fraction of sp³-hybridized carbons (Fsp3) is 1.00. The molecule has 1 saturated carbocycles. The zero-order valence-corrected chi connectivity index (χ0v) is 22.1. The molecule has 0 bridgehead atoms. The van der Waals surface area contributed by atoms with Gasteiger partial charge >= 0.3 is 0 Å². The van der Waals surface area contributed by atoms with Gasteiger partial charge in [0.25, 0.3) is 0 Å². The molecule has 0 radical (unpaired) electrons. The van der Waals surface area contributed by atoms with E-state index in [0.717, 1.165) is 19.3 Å². The van der Waals surface area contributed by atoms with Gasteiger partial charge in [-0.15, -0.1) is 0 Å². The van der Waals surface area contributed by atoms with Crippen LogP contribution in [0.25, 0.3) is 0 Å². The first kappa shape index (κ1) is 33.5. The van der Waals surface area contributed by atoms with Crippen LogP contribution in [0.1, 0.15) is 52.4 Å². The third-order valence-corrected chi connectivity index (χ3v) is 6.51. The fourth-order valence-corrected chi connectivity index (χ4v) is 4.50. The Morgan fingerprint density at radius 3 is 2.31 bits per heavy atom. The number of ether oxygens (including phenoxy) is 4. The van der Waals surface area contributed by atoms with Crippen LogP contribution in [-0.4, -0.2) is 127 Å². The second-order valence-corrected chi connectivity index (χ2v) is 9.32. The fourth-order valence-electron chi connectivity index (χ4n) is 4.50. The Morgan fingerprint density at radius 2 is 1.72 bits per heavy atom. The molecule has 1 aliphatic carbocycles. The van der Waals surface area contributed by atoms with Crippen LogP contribution in [0.3, 0.4) is 0 Å². The van der Waals surface area contributed by atoms with Crippen molar-refractivity contribution in [3.05, 3.63) is 0 Å². The van der Waals surface area contributed by atoms with E-state index in [1.165, 1.54) is 0 Å². The van der Waals surface area contributed by atoms with E-state index in [1.54, 1.807) is 7.11 Å². The van der Waals surface area contributed by atoms with Crippen LogP contribution < -0.4 is 16.8 Å². The van der Waals surface area contributed by atoms with E-state index in [1.807, 2.05) is 13.8 Å². The van der Waals surface area contributed by atoms with Gasteiger partial charge in [-0.25, -0.2) is 0 Å². The van der Waals surface area contributed by atoms with Crippen molar-refractivity contribution in [1.29, 1.82) is 0 Å². The first-order valence-electron chi connectivity index (χ1n) is 13.2. The Kier molecular flexibility index (Phi) is 17.4. The van der Waals surface area contributed by atoms with Crippen LogP contribution in [0.4, 0.5) is 0 Å². The summed E-state index contributed by atoms with van der Waals surface area (Å²) in [5, 5.41) is 50.0. The molecule has 2 saturated heterocycles. The molecule has 2 aliphatic heterocycles. The molecule has 0 amide bonds. The van der Waals surface area contributed by atoms with Crippen LogP contribution in [0.5, 0.6) is 0 Å². The summed E-state index contributed by atoms with van der Waals surface area (Å²) in [5.41, 5.74) is 11.4. The molecule has 2 heterocycles. The average Bonchev–Trinajstić information content (AvgIpc) is 3.35. The number of aliphatic hydroxyl groups excluding tert-OH is 5. The standard InChI is InChI=1S/C14H28N2O6.C8H17NO3.C2H6/c15-11-3-8(16-5-9(19)6-17)4-12(14(11)20)22-13-2-1-10(7-18)21-13;1-11-5-6-2-3-7(10)8(4-9)12-6;1-2/h8-14,16-20H,1-7,15H2;6-8,10H,2-5,9H2,1H3;1-2H3/t8?,9?,10?,11?,12?,13?,14-;6-,7-,8?;/m10./s1. The van der Waals surface area contributed by atoms with Gasteiger partial charge in [0, 0.05) is 38.7 Å². The lowest BCUT2D eigenvalue weighted by Crippen LogP contribution is -2.56. The lowest BCUT2D eigenvalue weighted by Gasteiger charge is -2.39. The largest absolute Gasteiger partial charge is 0.394 e. The van der Waals surface area contributed by atoms with Gasteiger partial charge < -0.3 is 61.3 Å². The van der Waals surface area contributed by atoms with Gasteiger partial charge in [-0.2, -0.15) is 0 Å². The molecule has 3 fully saturated rings. The van der Waals surface area contributed by atoms with Crippen molar-refractivity contribution in [1.82, 2.24) is 5.32 Å². The molecule has 3 rings (SSSR count). The summed E-state index contributed by atoms with van der Waals surface area (Å²) in [7, 11) is 1.64. The molecule has 0 aromatic rings. The van der Waals surface area contributed by atoms with Crippen LogP contribution >= 0.6 is 0 Å². The van der Waals surface area contributed by atoms with Gasteiger partial charge in [-0.05, 0) is 32.1 Å². The monoisotopic (exact) mass is 525 g/mol. The van der Waals surface area contributed by atoms with Crippen LogP contribution in [-0.2, 0) is 18.9 Å². The lowest BCUT2D eigenvalue weighted by atomic mass is 9.86. The molecule has 12 nitrogen and oxygen atoms in total. The van der Waals surface area contributed by atoms with E-state index < -0.39 is 36.7 Å². The van der Waals surface area contributed by atoms with Crippen LogP contribution in [0, 0.1) is 0 Å². The van der Waals surface area contributed by atoms with Crippen LogP contribution in [0.15, 0.2) is 0 Å². The van der Waals surface area contributed by atoms with Gasteiger partial charge in [0.15, 0.2) is 6.29 Å². The molecule has 216 valence electrons. The van der Waals surface area contributed by atoms with Gasteiger partial charge in [-0.1, -0.05) is 13.8 Å². The maximum atomic E-state index is 10.2. The van der Waals surface area contributed by atoms with Gasteiger partial charge in [-0.3, -0.25) is 0 Å². The summed E-state index contributed by atoms with van der Waals surface area (Å²) >= 11 is 0. The number of rotatable bonds is 10. The average molecular weight is 526 g/mol. The SMILES string of the molecule is CC.COC[C@@H]1CC[C@H](O)C(CN)O1.NC1CC(NCC(O)CO)CC(OC2CCC(CO)O2)[C@@H]1O. The third kappa shape index (κ3) is 11.5. The predicted molar refractivity (Wildman–Crippen MR) is 134 cm³/mol. The molecular formula is C24H51N3O9. The number of nitrogens with two attached hydrogens (primary N) is 2. The normalized spacial score (nSPS) is 37.3. The van der Waals surface area contributed by atoms with E-state index in [2.05, 4.69) is 5.32 Å². The van der Waals surface area contributed by atoms with E-state index in [-0.39, 0.29) is 44.1 Å². The highest BCUT2D eigenvalue weighted by molar-refractivity contribution is 4.93. The lowest BCUT2D eigenvalue weighted by molar-refractivity contribution is -0.199. The quantitative estimate of drug-likeness (QED) is 0.159. The molecule has 3 aliphatic rings. The summed E-state index contributed by atoms with van der Waals surface area (Å²) in [4.78, 5) is 0. The van der Waals surface area contributed by atoms with Crippen molar-refractivity contribution in [2.75, 3.05) is 40.0 Å². The Labute approximate surface area is 215 Å². The van der Waals surface area contributed by atoms with Gasteiger partial charge in [0.05, 0.1) is 62.5 Å². The van der Waals surface area contributed by atoms with E-state index >= 15 is 0 Å². The minimum atomic E-state index is -0.814. The molecule has 0 aromatic heterocycles. The molecule has 12 heteroatoms. The first-order valence-corrected chi connectivity index (χ1v) is 13.2. The smallest absolute Gasteiger partial charge is 0.158 e. The highest BCUT2D eigenvalue weighted by Gasteiger charge is 2.38. The minimum absolute atomic E-state index is 0.000332. The molecule has 10 N–H and O–H groups in total. The van der Waals surface area contributed by atoms with Crippen molar-refractivity contribution >= 4 is 0 Å². The zero-order chi connectivity index (χ0) is 27.1. The van der Waals surface area contributed by atoms with Gasteiger partial charge in [0.2, 0.25) is 0 Å². The van der Waals surface area contributed by atoms with Crippen molar-refractivity contribution in [3.63, 3.8) is 0 Å². The van der Waals surface area contributed by atoms with E-state index in [9.17, 15) is 15.3 Å². The Bertz CT molecular complexity index is 551. The van der Waals surface area contributed by atoms with Crippen LogP contribution in [0.2, 0.25) is 0 Å². The molecule has 0 spiro atoms. The highest BCUT2D eigenvalue weighted by atomic mass is 16.7. The molecule has 10 atom stereocenters. The van der Waals surface area contributed by atoms with E-state index in [4.69, 9.17) is 40.6 Å². The summed E-state index contributed by atoms with van der Waals surface area (Å²) < 4.78 is 21.8. The second-order valence-electron chi connectivity index (χ2n) is 9.32. The number of hydrogen-bond donors (Lipinski definition) is 8. The molecule has 0 aromatic carbocycles. The van der Waals surface area contributed by atoms with Gasteiger partial charge in [0.1, 0.15) is 0 Å². The molecular weight excluding hydrogens is 474 g/mol. The van der Waals surface area contributed by atoms with Crippen molar-refractivity contribution in [2.45, 2.75) is 113 Å².